The summed E-state index contributed by atoms with van der Waals surface area (Å²) in [6.07, 6.45) is 2.80. The number of carbonyl (C=O) groups excluding carboxylic acids is 2. The molecule has 1 aromatic heterocycles. The maximum atomic E-state index is 12.7. The zero-order valence-corrected chi connectivity index (χ0v) is 22.2. The number of aromatic nitrogens is 3. The van der Waals surface area contributed by atoms with E-state index in [-0.39, 0.29) is 17.9 Å². The van der Waals surface area contributed by atoms with Gasteiger partial charge in [0.05, 0.1) is 0 Å². The van der Waals surface area contributed by atoms with Crippen LogP contribution in [0.25, 0.3) is 17.1 Å². The normalized spacial score (nSPS) is 15.8. The molecule has 0 bridgehead atoms. The van der Waals surface area contributed by atoms with Crippen molar-refractivity contribution in [1.29, 1.82) is 0 Å². The largest absolute Gasteiger partial charge is 0.339 e. The van der Waals surface area contributed by atoms with Crippen molar-refractivity contribution < 1.29 is 9.59 Å². The van der Waals surface area contributed by atoms with Gasteiger partial charge in [-0.25, -0.2) is 0 Å². The Kier molecular flexibility index (Phi) is 8.80. The van der Waals surface area contributed by atoms with Crippen LogP contribution >= 0.6 is 11.8 Å². The summed E-state index contributed by atoms with van der Waals surface area (Å²) in [6, 6.07) is 18.6. The molecule has 2 amide bonds. The van der Waals surface area contributed by atoms with E-state index < -0.39 is 0 Å². The number of hydrogen-bond donors (Lipinski definition) is 0. The SMILES string of the molecule is CCC(=O)N1CCN(C(=O)CCCCSc2nnc(-c3ccc(C)cc3)n2-c2ccccc2)CC1C. The molecule has 0 N–H and O–H groups in total. The Labute approximate surface area is 217 Å². The molecule has 1 fully saturated rings. The first-order chi connectivity index (χ1) is 17.5. The molecule has 2 aromatic carbocycles. The van der Waals surface area contributed by atoms with Crippen molar-refractivity contribution in [2.75, 3.05) is 25.4 Å². The van der Waals surface area contributed by atoms with E-state index in [4.69, 9.17) is 0 Å². The smallest absolute Gasteiger partial charge is 0.222 e. The number of rotatable bonds is 9. The van der Waals surface area contributed by atoms with Gasteiger partial charge in [-0.3, -0.25) is 14.2 Å². The molecule has 1 saturated heterocycles. The molecule has 36 heavy (non-hydrogen) atoms. The summed E-state index contributed by atoms with van der Waals surface area (Å²) in [5.41, 5.74) is 3.27. The molecule has 0 saturated carbocycles. The quantitative estimate of drug-likeness (QED) is 0.303. The molecule has 0 spiro atoms. The average Bonchev–Trinajstić information content (AvgIpc) is 3.32. The predicted octanol–water partition coefficient (Wildman–Crippen LogP) is 4.97. The first kappa shape index (κ1) is 25.9. The van der Waals surface area contributed by atoms with Crippen LogP contribution in [-0.4, -0.2) is 67.8 Å². The highest BCUT2D eigenvalue weighted by Crippen LogP contribution is 2.28. The number of nitrogens with zero attached hydrogens (tertiary/aromatic N) is 5. The minimum Gasteiger partial charge on any atom is -0.339 e. The van der Waals surface area contributed by atoms with Crippen molar-refractivity contribution in [2.45, 2.75) is 57.7 Å². The number of hydrogen-bond acceptors (Lipinski definition) is 5. The van der Waals surface area contributed by atoms with E-state index >= 15 is 0 Å². The van der Waals surface area contributed by atoms with E-state index in [0.29, 0.717) is 32.5 Å². The van der Waals surface area contributed by atoms with Crippen molar-refractivity contribution in [3.63, 3.8) is 0 Å². The maximum absolute atomic E-state index is 12.7. The van der Waals surface area contributed by atoms with Crippen molar-refractivity contribution in [1.82, 2.24) is 24.6 Å². The Morgan fingerprint density at radius 1 is 0.972 bits per heavy atom. The third-order valence-electron chi connectivity index (χ3n) is 6.58. The van der Waals surface area contributed by atoms with Gasteiger partial charge in [0, 0.05) is 55.5 Å². The van der Waals surface area contributed by atoms with Gasteiger partial charge in [-0.1, -0.05) is 66.7 Å². The van der Waals surface area contributed by atoms with Crippen LogP contribution in [0.15, 0.2) is 59.8 Å². The second-order valence-electron chi connectivity index (χ2n) is 9.28. The van der Waals surface area contributed by atoms with Crippen LogP contribution in [0.1, 0.15) is 45.1 Å². The van der Waals surface area contributed by atoms with Crippen LogP contribution < -0.4 is 0 Å². The molecule has 4 rings (SSSR count). The van der Waals surface area contributed by atoms with Gasteiger partial charge in [-0.2, -0.15) is 0 Å². The number of aryl methyl sites for hydroxylation is 1. The molecule has 0 radical (unpaired) electrons. The van der Waals surface area contributed by atoms with Crippen LogP contribution in [0.2, 0.25) is 0 Å². The van der Waals surface area contributed by atoms with Crippen LogP contribution in [0.4, 0.5) is 0 Å². The second kappa shape index (κ2) is 12.2. The molecule has 7 nitrogen and oxygen atoms in total. The summed E-state index contributed by atoms with van der Waals surface area (Å²) in [4.78, 5) is 28.6. The minimum atomic E-state index is 0.0813. The average molecular weight is 506 g/mol. The number of para-hydroxylation sites is 1. The van der Waals surface area contributed by atoms with Gasteiger partial charge < -0.3 is 9.80 Å². The summed E-state index contributed by atoms with van der Waals surface area (Å²) < 4.78 is 2.11. The number of unbranched alkanes of at least 4 members (excludes halogenated alkanes) is 1. The van der Waals surface area contributed by atoms with Crippen LogP contribution in [-0.2, 0) is 9.59 Å². The molecule has 0 aliphatic carbocycles. The summed E-state index contributed by atoms with van der Waals surface area (Å²) in [6.45, 7) is 7.88. The molecule has 1 aliphatic heterocycles. The highest BCUT2D eigenvalue weighted by Gasteiger charge is 2.28. The number of thioether (sulfide) groups is 1. The van der Waals surface area contributed by atoms with Crippen molar-refractivity contribution in [2.24, 2.45) is 0 Å². The molecule has 190 valence electrons. The van der Waals surface area contributed by atoms with Crippen LogP contribution in [0, 0.1) is 6.92 Å². The monoisotopic (exact) mass is 505 g/mol. The third-order valence-corrected chi connectivity index (χ3v) is 7.59. The lowest BCUT2D eigenvalue weighted by atomic mass is 10.1. The summed E-state index contributed by atoms with van der Waals surface area (Å²) in [5.74, 6) is 2.04. The van der Waals surface area contributed by atoms with Gasteiger partial charge in [0.15, 0.2) is 11.0 Å². The summed E-state index contributed by atoms with van der Waals surface area (Å²) in [7, 11) is 0. The molecular weight excluding hydrogens is 470 g/mol. The minimum absolute atomic E-state index is 0.0813. The van der Waals surface area contributed by atoms with Crippen molar-refractivity contribution in [3.8, 4) is 17.1 Å². The zero-order chi connectivity index (χ0) is 25.5. The highest BCUT2D eigenvalue weighted by molar-refractivity contribution is 7.99. The number of amides is 2. The van der Waals surface area contributed by atoms with E-state index in [1.165, 1.54) is 5.56 Å². The van der Waals surface area contributed by atoms with E-state index in [0.717, 1.165) is 40.8 Å². The van der Waals surface area contributed by atoms with Gasteiger partial charge in [0.1, 0.15) is 0 Å². The lowest BCUT2D eigenvalue weighted by molar-refractivity contribution is -0.142. The van der Waals surface area contributed by atoms with E-state index in [9.17, 15) is 9.59 Å². The Morgan fingerprint density at radius 3 is 2.42 bits per heavy atom. The van der Waals surface area contributed by atoms with Gasteiger partial charge in [-0.05, 0) is 38.8 Å². The number of piperazine rings is 1. The second-order valence-corrected chi connectivity index (χ2v) is 10.3. The molecule has 2 heterocycles. The Hall–Kier alpha value is -3.13. The van der Waals surface area contributed by atoms with E-state index in [2.05, 4.69) is 58.1 Å². The van der Waals surface area contributed by atoms with Gasteiger partial charge in [0.2, 0.25) is 11.8 Å². The summed E-state index contributed by atoms with van der Waals surface area (Å²) in [5, 5.41) is 9.87. The van der Waals surface area contributed by atoms with Gasteiger partial charge >= 0.3 is 0 Å². The predicted molar refractivity (Wildman–Crippen MR) is 144 cm³/mol. The first-order valence-corrected chi connectivity index (χ1v) is 13.7. The zero-order valence-electron chi connectivity index (χ0n) is 21.4. The fourth-order valence-corrected chi connectivity index (χ4v) is 5.47. The highest BCUT2D eigenvalue weighted by atomic mass is 32.2. The fourth-order valence-electron chi connectivity index (χ4n) is 4.52. The molecule has 1 unspecified atom stereocenters. The first-order valence-electron chi connectivity index (χ1n) is 12.8. The molecule has 3 aromatic rings. The van der Waals surface area contributed by atoms with Crippen molar-refractivity contribution in [3.05, 3.63) is 60.2 Å². The molecular formula is C28H35N5O2S. The van der Waals surface area contributed by atoms with Crippen LogP contribution in [0.3, 0.4) is 0 Å². The fraction of sp³-hybridized carbons (Fsp3) is 0.429. The Bertz CT molecular complexity index is 1160. The number of benzene rings is 2. The van der Waals surface area contributed by atoms with E-state index in [1.807, 2.05) is 41.8 Å². The van der Waals surface area contributed by atoms with Crippen molar-refractivity contribution >= 4 is 23.6 Å². The standard InChI is InChI=1S/C28H35N5O2S/c1-4-25(34)32-18-17-31(20-22(32)3)26(35)12-8-9-19-36-28-30-29-27(23-15-13-21(2)14-16-23)33(28)24-10-6-5-7-11-24/h5-7,10-11,13-16,22H,4,8-9,12,17-20H2,1-3H3. The molecule has 1 atom stereocenters. The lowest BCUT2D eigenvalue weighted by Crippen LogP contribution is -2.55. The summed E-state index contributed by atoms with van der Waals surface area (Å²) >= 11 is 1.67. The molecule has 1 aliphatic rings. The third kappa shape index (κ3) is 6.16. The molecule has 8 heteroatoms. The van der Waals surface area contributed by atoms with E-state index in [1.54, 1.807) is 11.8 Å². The van der Waals surface area contributed by atoms with Crippen LogP contribution in [0.5, 0.6) is 0 Å². The lowest BCUT2D eigenvalue weighted by Gasteiger charge is -2.40. The Morgan fingerprint density at radius 2 is 1.72 bits per heavy atom. The van der Waals surface area contributed by atoms with Gasteiger partial charge in [-0.15, -0.1) is 10.2 Å². The topological polar surface area (TPSA) is 71.3 Å². The maximum Gasteiger partial charge on any atom is 0.222 e. The Balaban J connectivity index is 1.32. The van der Waals surface area contributed by atoms with Gasteiger partial charge in [0.25, 0.3) is 0 Å². The number of carbonyl (C=O) groups is 2.